The van der Waals surface area contributed by atoms with Gasteiger partial charge in [-0.05, 0) is 89.6 Å². The highest BCUT2D eigenvalue weighted by atomic mass is 15.2. The molecule has 6 heteroatoms. The summed E-state index contributed by atoms with van der Waals surface area (Å²) in [5.41, 5.74) is 3.85. The largest absolute Gasteiger partial charge is 0.369 e. The van der Waals surface area contributed by atoms with E-state index in [0.717, 1.165) is 38.8 Å². The van der Waals surface area contributed by atoms with Crippen LogP contribution in [0.15, 0.2) is 36.8 Å². The average molecular weight is 451 g/mol. The van der Waals surface area contributed by atoms with Gasteiger partial charge in [0.05, 0.1) is 18.2 Å². The minimum atomic E-state index is 0.843. The third-order valence-corrected chi connectivity index (χ3v) is 8.08. The standard InChI is InChI=1S/C27H42N6/c1-29-18-20-32(21-19-29)25-8-6-24(7-9-25)27-22-28-23-33(27)15-5-12-30-16-10-26(11-17-30)31-13-3-2-4-14-31/h6-9,22-23,26H,2-5,10-21H2,1H3. The summed E-state index contributed by atoms with van der Waals surface area (Å²) in [6.07, 6.45) is 12.2. The molecule has 0 N–H and O–H groups in total. The van der Waals surface area contributed by atoms with Crippen molar-refractivity contribution in [2.75, 3.05) is 70.9 Å². The molecule has 33 heavy (non-hydrogen) atoms. The van der Waals surface area contributed by atoms with Crippen LogP contribution in [0.25, 0.3) is 11.3 Å². The minimum absolute atomic E-state index is 0.843. The molecule has 3 fully saturated rings. The molecular weight excluding hydrogens is 408 g/mol. The van der Waals surface area contributed by atoms with Crippen LogP contribution in [0, 0.1) is 0 Å². The van der Waals surface area contributed by atoms with Gasteiger partial charge in [-0.25, -0.2) is 4.98 Å². The van der Waals surface area contributed by atoms with E-state index >= 15 is 0 Å². The average Bonchev–Trinajstić information content (AvgIpc) is 3.34. The van der Waals surface area contributed by atoms with Crippen molar-refractivity contribution in [1.82, 2.24) is 24.3 Å². The van der Waals surface area contributed by atoms with E-state index in [9.17, 15) is 0 Å². The van der Waals surface area contributed by atoms with Gasteiger partial charge >= 0.3 is 0 Å². The molecule has 5 rings (SSSR count). The second-order valence-corrected chi connectivity index (χ2v) is 10.3. The normalized spacial score (nSPS) is 22.2. The highest BCUT2D eigenvalue weighted by molar-refractivity contribution is 5.63. The molecule has 2 aromatic rings. The molecule has 0 atom stereocenters. The summed E-state index contributed by atoms with van der Waals surface area (Å²) in [4.78, 5) is 14.8. The molecule has 1 aromatic carbocycles. The molecule has 0 amide bonds. The monoisotopic (exact) mass is 450 g/mol. The summed E-state index contributed by atoms with van der Waals surface area (Å²) in [7, 11) is 2.21. The summed E-state index contributed by atoms with van der Waals surface area (Å²) in [5.74, 6) is 0. The first kappa shape index (κ1) is 22.9. The maximum absolute atomic E-state index is 4.47. The van der Waals surface area contributed by atoms with Crippen molar-refractivity contribution in [2.24, 2.45) is 0 Å². The lowest BCUT2D eigenvalue weighted by Crippen LogP contribution is -2.46. The van der Waals surface area contributed by atoms with Crippen LogP contribution in [0.3, 0.4) is 0 Å². The van der Waals surface area contributed by atoms with Gasteiger partial charge in [0.15, 0.2) is 0 Å². The molecule has 3 aliphatic heterocycles. The van der Waals surface area contributed by atoms with Crippen LogP contribution in [0.4, 0.5) is 5.69 Å². The van der Waals surface area contributed by atoms with E-state index in [0.29, 0.717) is 0 Å². The van der Waals surface area contributed by atoms with Crippen molar-refractivity contribution in [3.63, 3.8) is 0 Å². The van der Waals surface area contributed by atoms with Crippen molar-refractivity contribution >= 4 is 5.69 Å². The summed E-state index contributed by atoms with van der Waals surface area (Å²) < 4.78 is 2.34. The number of anilines is 1. The lowest BCUT2D eigenvalue weighted by atomic mass is 10.00. The summed E-state index contributed by atoms with van der Waals surface area (Å²) in [5, 5.41) is 0. The molecule has 0 radical (unpaired) electrons. The number of nitrogens with zero attached hydrogens (tertiary/aromatic N) is 6. The number of piperidine rings is 2. The SMILES string of the molecule is CN1CCN(c2ccc(-c3cncn3CCCN3CCC(N4CCCCC4)CC3)cc2)CC1. The van der Waals surface area contributed by atoms with E-state index in [1.54, 1.807) is 0 Å². The molecule has 0 aliphatic carbocycles. The van der Waals surface area contributed by atoms with Crippen molar-refractivity contribution in [3.8, 4) is 11.3 Å². The first-order valence-electron chi connectivity index (χ1n) is 13.3. The fourth-order valence-corrected chi connectivity index (χ4v) is 5.90. The van der Waals surface area contributed by atoms with Gasteiger partial charge in [-0.1, -0.05) is 18.6 Å². The van der Waals surface area contributed by atoms with Crippen LogP contribution in [-0.2, 0) is 6.54 Å². The second kappa shape index (κ2) is 11.0. The number of piperazine rings is 1. The molecule has 0 unspecified atom stereocenters. The van der Waals surface area contributed by atoms with E-state index in [1.807, 2.05) is 12.5 Å². The molecule has 0 bridgehead atoms. The highest BCUT2D eigenvalue weighted by Crippen LogP contribution is 2.25. The quantitative estimate of drug-likeness (QED) is 0.643. The number of likely N-dealkylation sites (N-methyl/N-ethyl adjacent to an activating group) is 1. The van der Waals surface area contributed by atoms with Gasteiger partial charge in [0, 0.05) is 44.5 Å². The third kappa shape index (κ3) is 5.79. The topological polar surface area (TPSA) is 30.8 Å². The van der Waals surface area contributed by atoms with E-state index in [4.69, 9.17) is 0 Å². The fraction of sp³-hybridized carbons (Fsp3) is 0.667. The first-order chi connectivity index (χ1) is 16.3. The van der Waals surface area contributed by atoms with Crippen LogP contribution in [-0.4, -0.2) is 96.2 Å². The van der Waals surface area contributed by atoms with Gasteiger partial charge in [0.25, 0.3) is 0 Å². The van der Waals surface area contributed by atoms with Gasteiger partial charge < -0.3 is 24.2 Å². The highest BCUT2D eigenvalue weighted by Gasteiger charge is 2.25. The van der Waals surface area contributed by atoms with Crippen molar-refractivity contribution < 1.29 is 0 Å². The smallest absolute Gasteiger partial charge is 0.0950 e. The Morgan fingerprint density at radius 2 is 1.55 bits per heavy atom. The molecule has 1 aromatic heterocycles. The van der Waals surface area contributed by atoms with Crippen LogP contribution in [0.5, 0.6) is 0 Å². The zero-order valence-corrected chi connectivity index (χ0v) is 20.5. The van der Waals surface area contributed by atoms with Crippen LogP contribution < -0.4 is 4.90 Å². The molecule has 3 saturated heterocycles. The predicted molar refractivity (Wildman–Crippen MR) is 137 cm³/mol. The second-order valence-electron chi connectivity index (χ2n) is 10.3. The van der Waals surface area contributed by atoms with E-state index in [-0.39, 0.29) is 0 Å². The lowest BCUT2D eigenvalue weighted by molar-refractivity contribution is 0.0916. The zero-order valence-electron chi connectivity index (χ0n) is 20.5. The summed E-state index contributed by atoms with van der Waals surface area (Å²) in [6, 6.07) is 9.95. The van der Waals surface area contributed by atoms with Crippen molar-refractivity contribution in [2.45, 2.75) is 51.1 Å². The number of aromatic nitrogens is 2. The molecule has 6 nitrogen and oxygen atoms in total. The molecular formula is C27H42N6. The summed E-state index contributed by atoms with van der Waals surface area (Å²) >= 11 is 0. The Kier molecular flexibility index (Phi) is 7.64. The van der Waals surface area contributed by atoms with Gasteiger partial charge in [-0.2, -0.15) is 0 Å². The van der Waals surface area contributed by atoms with Crippen molar-refractivity contribution in [1.29, 1.82) is 0 Å². The lowest BCUT2D eigenvalue weighted by Gasteiger charge is -2.40. The van der Waals surface area contributed by atoms with Gasteiger partial charge in [0.1, 0.15) is 0 Å². The van der Waals surface area contributed by atoms with Crippen molar-refractivity contribution in [3.05, 3.63) is 36.8 Å². The number of benzene rings is 1. The zero-order chi connectivity index (χ0) is 22.5. The number of hydrogen-bond donors (Lipinski definition) is 0. The molecule has 3 aliphatic rings. The predicted octanol–water partition coefficient (Wildman–Crippen LogP) is 3.64. The van der Waals surface area contributed by atoms with Gasteiger partial charge in [0.2, 0.25) is 0 Å². The maximum Gasteiger partial charge on any atom is 0.0950 e. The fourth-order valence-electron chi connectivity index (χ4n) is 5.90. The molecule has 4 heterocycles. The van der Waals surface area contributed by atoms with E-state index in [1.165, 1.54) is 88.2 Å². The third-order valence-electron chi connectivity index (χ3n) is 8.08. The Hall–Kier alpha value is -1.89. The number of aryl methyl sites for hydroxylation is 1. The Balaban J connectivity index is 1.09. The minimum Gasteiger partial charge on any atom is -0.369 e. The Morgan fingerprint density at radius 3 is 2.27 bits per heavy atom. The molecule has 0 saturated carbocycles. The Labute approximate surface area is 200 Å². The first-order valence-corrected chi connectivity index (χ1v) is 13.3. The van der Waals surface area contributed by atoms with E-state index in [2.05, 4.69) is 60.5 Å². The number of rotatable bonds is 7. The van der Waals surface area contributed by atoms with Gasteiger partial charge in [-0.15, -0.1) is 0 Å². The Bertz CT molecular complexity index is 840. The molecule has 180 valence electrons. The molecule has 0 spiro atoms. The van der Waals surface area contributed by atoms with Crippen LogP contribution in [0.1, 0.15) is 38.5 Å². The summed E-state index contributed by atoms with van der Waals surface area (Å²) in [6.45, 7) is 12.0. The number of imidazole rings is 1. The van der Waals surface area contributed by atoms with E-state index < -0.39 is 0 Å². The van der Waals surface area contributed by atoms with Crippen LogP contribution in [0.2, 0.25) is 0 Å². The Morgan fingerprint density at radius 1 is 0.818 bits per heavy atom. The number of likely N-dealkylation sites (tertiary alicyclic amines) is 2. The van der Waals surface area contributed by atoms with Crippen LogP contribution >= 0.6 is 0 Å². The number of hydrogen-bond acceptors (Lipinski definition) is 5. The maximum atomic E-state index is 4.47. The van der Waals surface area contributed by atoms with Gasteiger partial charge in [-0.3, -0.25) is 0 Å².